The zero-order valence-electron chi connectivity index (χ0n) is 11.3. The molecule has 1 fully saturated rings. The summed E-state index contributed by atoms with van der Waals surface area (Å²) in [6.07, 6.45) is 0. The molecule has 0 radical (unpaired) electrons. The van der Waals surface area contributed by atoms with Crippen LogP contribution in [0.5, 0.6) is 0 Å². The van der Waals surface area contributed by atoms with Crippen molar-refractivity contribution in [2.24, 2.45) is 0 Å². The van der Waals surface area contributed by atoms with E-state index in [0.717, 1.165) is 6.54 Å². The van der Waals surface area contributed by atoms with Crippen molar-refractivity contribution in [1.82, 2.24) is 14.7 Å². The van der Waals surface area contributed by atoms with Crippen LogP contribution < -0.4 is 0 Å². The number of carbonyl (C=O) groups is 2. The van der Waals surface area contributed by atoms with Gasteiger partial charge in [0.2, 0.25) is 11.8 Å². The second kappa shape index (κ2) is 7.33. The van der Waals surface area contributed by atoms with Gasteiger partial charge in [0, 0.05) is 39.6 Å². The monoisotopic (exact) mass is 257 g/mol. The quantitative estimate of drug-likeness (QED) is 0.685. The Morgan fingerprint density at radius 2 is 1.72 bits per heavy atom. The fraction of sp³-hybridized carbons (Fsp3) is 0.833. The van der Waals surface area contributed by atoms with E-state index in [0.29, 0.717) is 39.3 Å². The SMILES string of the molecule is CCN(CCO)CC(=O)N1CCN(C(C)=O)CC1. The van der Waals surface area contributed by atoms with Gasteiger partial charge in [-0.25, -0.2) is 0 Å². The Labute approximate surface area is 108 Å². The molecule has 0 aromatic carbocycles. The van der Waals surface area contributed by atoms with E-state index in [2.05, 4.69) is 0 Å². The number of nitrogens with zero attached hydrogens (tertiary/aromatic N) is 3. The van der Waals surface area contributed by atoms with Gasteiger partial charge in [-0.05, 0) is 6.54 Å². The van der Waals surface area contributed by atoms with Crippen LogP contribution in [0.3, 0.4) is 0 Å². The maximum atomic E-state index is 12.0. The highest BCUT2D eigenvalue weighted by molar-refractivity contribution is 5.79. The zero-order chi connectivity index (χ0) is 13.5. The third kappa shape index (κ3) is 4.27. The highest BCUT2D eigenvalue weighted by Crippen LogP contribution is 2.03. The van der Waals surface area contributed by atoms with Crippen molar-refractivity contribution in [3.8, 4) is 0 Å². The van der Waals surface area contributed by atoms with Gasteiger partial charge in [0.15, 0.2) is 0 Å². The maximum Gasteiger partial charge on any atom is 0.236 e. The lowest BCUT2D eigenvalue weighted by Crippen LogP contribution is -2.52. The van der Waals surface area contributed by atoms with Crippen molar-refractivity contribution in [1.29, 1.82) is 0 Å². The second-order valence-electron chi connectivity index (χ2n) is 4.48. The summed E-state index contributed by atoms with van der Waals surface area (Å²) >= 11 is 0. The van der Waals surface area contributed by atoms with Gasteiger partial charge in [-0.3, -0.25) is 14.5 Å². The number of rotatable bonds is 5. The predicted octanol–water partition coefficient (Wildman–Crippen LogP) is -1.01. The lowest BCUT2D eigenvalue weighted by molar-refractivity contribution is -0.139. The number of aliphatic hydroxyl groups excluding tert-OH is 1. The Morgan fingerprint density at radius 3 is 2.17 bits per heavy atom. The molecule has 18 heavy (non-hydrogen) atoms. The Morgan fingerprint density at radius 1 is 1.17 bits per heavy atom. The third-order valence-electron chi connectivity index (χ3n) is 3.30. The Hall–Kier alpha value is -1.14. The molecular formula is C12H23N3O3. The van der Waals surface area contributed by atoms with E-state index in [4.69, 9.17) is 5.11 Å². The Kier molecular flexibility index (Phi) is 6.07. The molecule has 1 aliphatic heterocycles. The summed E-state index contributed by atoms with van der Waals surface area (Å²) in [5.41, 5.74) is 0. The first-order valence-corrected chi connectivity index (χ1v) is 6.45. The molecule has 104 valence electrons. The van der Waals surface area contributed by atoms with Gasteiger partial charge in [0.1, 0.15) is 0 Å². The summed E-state index contributed by atoms with van der Waals surface area (Å²) in [6, 6.07) is 0. The van der Waals surface area contributed by atoms with Gasteiger partial charge in [-0.1, -0.05) is 6.92 Å². The van der Waals surface area contributed by atoms with Crippen molar-refractivity contribution in [2.75, 3.05) is 52.4 Å². The van der Waals surface area contributed by atoms with Crippen LogP contribution in [0.4, 0.5) is 0 Å². The van der Waals surface area contributed by atoms with Gasteiger partial charge in [-0.2, -0.15) is 0 Å². The first kappa shape index (κ1) is 14.9. The van der Waals surface area contributed by atoms with Crippen LogP contribution in [0, 0.1) is 0 Å². The molecule has 0 aliphatic carbocycles. The largest absolute Gasteiger partial charge is 0.395 e. The first-order valence-electron chi connectivity index (χ1n) is 6.45. The fourth-order valence-corrected chi connectivity index (χ4v) is 2.05. The molecule has 6 nitrogen and oxygen atoms in total. The highest BCUT2D eigenvalue weighted by atomic mass is 16.3. The van der Waals surface area contributed by atoms with E-state index >= 15 is 0 Å². The molecule has 0 bridgehead atoms. The molecule has 0 atom stereocenters. The normalized spacial score (nSPS) is 16.2. The van der Waals surface area contributed by atoms with Crippen LogP contribution in [0.15, 0.2) is 0 Å². The number of aliphatic hydroxyl groups is 1. The molecule has 1 aliphatic rings. The smallest absolute Gasteiger partial charge is 0.236 e. The third-order valence-corrected chi connectivity index (χ3v) is 3.30. The standard InChI is InChI=1S/C12H23N3O3/c1-3-13(8-9-16)10-12(18)15-6-4-14(5-7-15)11(2)17/h16H,3-10H2,1-2H3. The highest BCUT2D eigenvalue weighted by Gasteiger charge is 2.23. The number of amides is 2. The minimum Gasteiger partial charge on any atom is -0.395 e. The van der Waals surface area contributed by atoms with Crippen molar-refractivity contribution in [3.05, 3.63) is 0 Å². The zero-order valence-corrected chi connectivity index (χ0v) is 11.3. The molecule has 1 saturated heterocycles. The van der Waals surface area contributed by atoms with Crippen LogP contribution in [-0.2, 0) is 9.59 Å². The van der Waals surface area contributed by atoms with Gasteiger partial charge in [-0.15, -0.1) is 0 Å². The molecular weight excluding hydrogens is 234 g/mol. The van der Waals surface area contributed by atoms with Crippen LogP contribution in [0.2, 0.25) is 0 Å². The Bertz CT molecular complexity index is 288. The second-order valence-corrected chi connectivity index (χ2v) is 4.48. The summed E-state index contributed by atoms with van der Waals surface area (Å²) in [6.45, 7) is 7.66. The van der Waals surface area contributed by atoms with Crippen LogP contribution in [0.25, 0.3) is 0 Å². The van der Waals surface area contributed by atoms with E-state index in [1.54, 1.807) is 16.7 Å². The maximum absolute atomic E-state index is 12.0. The number of hydrogen-bond donors (Lipinski definition) is 1. The molecule has 6 heteroatoms. The number of hydrogen-bond acceptors (Lipinski definition) is 4. The van der Waals surface area contributed by atoms with Crippen LogP contribution >= 0.6 is 0 Å². The van der Waals surface area contributed by atoms with Gasteiger partial charge >= 0.3 is 0 Å². The molecule has 0 aromatic rings. The van der Waals surface area contributed by atoms with Crippen molar-refractivity contribution in [2.45, 2.75) is 13.8 Å². The van der Waals surface area contributed by atoms with Gasteiger partial charge in [0.25, 0.3) is 0 Å². The lowest BCUT2D eigenvalue weighted by Gasteiger charge is -2.35. The average Bonchev–Trinajstić information content (AvgIpc) is 2.38. The van der Waals surface area contributed by atoms with E-state index in [1.165, 1.54) is 0 Å². The number of piperazine rings is 1. The molecule has 2 amide bonds. The van der Waals surface area contributed by atoms with Crippen molar-refractivity contribution < 1.29 is 14.7 Å². The van der Waals surface area contributed by atoms with Crippen LogP contribution in [-0.4, -0.2) is 84.0 Å². The molecule has 0 unspecified atom stereocenters. The van der Waals surface area contributed by atoms with E-state index in [1.807, 2.05) is 11.8 Å². The summed E-state index contributed by atoms with van der Waals surface area (Å²) in [5.74, 6) is 0.145. The molecule has 0 aromatic heterocycles. The average molecular weight is 257 g/mol. The topological polar surface area (TPSA) is 64.1 Å². The summed E-state index contributed by atoms with van der Waals surface area (Å²) < 4.78 is 0. The van der Waals surface area contributed by atoms with Crippen LogP contribution in [0.1, 0.15) is 13.8 Å². The molecule has 1 heterocycles. The number of carbonyl (C=O) groups excluding carboxylic acids is 2. The fourth-order valence-electron chi connectivity index (χ4n) is 2.05. The summed E-state index contributed by atoms with van der Waals surface area (Å²) in [4.78, 5) is 28.7. The number of likely N-dealkylation sites (N-methyl/N-ethyl adjacent to an activating group) is 1. The molecule has 1 rings (SSSR count). The summed E-state index contributed by atoms with van der Waals surface area (Å²) in [5, 5.41) is 8.88. The van der Waals surface area contributed by atoms with E-state index in [-0.39, 0.29) is 18.4 Å². The summed E-state index contributed by atoms with van der Waals surface area (Å²) in [7, 11) is 0. The minimum atomic E-state index is 0.0672. The minimum absolute atomic E-state index is 0.0672. The molecule has 0 spiro atoms. The van der Waals surface area contributed by atoms with Gasteiger partial charge < -0.3 is 14.9 Å². The first-order chi connectivity index (χ1) is 8.58. The predicted molar refractivity (Wildman–Crippen MR) is 68.0 cm³/mol. The molecule has 1 N–H and O–H groups in total. The van der Waals surface area contributed by atoms with E-state index < -0.39 is 0 Å². The van der Waals surface area contributed by atoms with Gasteiger partial charge in [0.05, 0.1) is 13.2 Å². The Balaban J connectivity index is 2.37. The van der Waals surface area contributed by atoms with E-state index in [9.17, 15) is 9.59 Å². The van der Waals surface area contributed by atoms with Crippen molar-refractivity contribution >= 4 is 11.8 Å². The van der Waals surface area contributed by atoms with Crippen molar-refractivity contribution in [3.63, 3.8) is 0 Å². The lowest BCUT2D eigenvalue weighted by atomic mass is 10.3. The molecule has 0 saturated carbocycles.